The summed E-state index contributed by atoms with van der Waals surface area (Å²) in [6, 6.07) is 9.01. The second-order valence-corrected chi connectivity index (χ2v) is 5.42. The van der Waals surface area contributed by atoms with Crippen LogP contribution < -0.4 is 5.56 Å². The van der Waals surface area contributed by atoms with Crippen LogP contribution in [0.4, 0.5) is 4.39 Å². The van der Waals surface area contributed by atoms with E-state index in [1.807, 2.05) is 0 Å². The summed E-state index contributed by atoms with van der Waals surface area (Å²) in [5, 5.41) is 1.18. The van der Waals surface area contributed by atoms with Gasteiger partial charge in [-0.05, 0) is 35.9 Å². The molecule has 0 amide bonds. The molecular weight excluding hydrogens is 314 g/mol. The highest BCUT2D eigenvalue weighted by Crippen LogP contribution is 2.19. The van der Waals surface area contributed by atoms with Crippen LogP contribution >= 0.6 is 23.2 Å². The van der Waals surface area contributed by atoms with Crippen molar-refractivity contribution in [2.24, 2.45) is 0 Å². The van der Waals surface area contributed by atoms with Gasteiger partial charge in [0, 0.05) is 10.0 Å². The minimum Gasteiger partial charge on any atom is -0.294 e. The molecule has 6 heteroatoms. The largest absolute Gasteiger partial charge is 0.294 e. The lowest BCUT2D eigenvalue weighted by molar-refractivity contribution is 0.626. The molecule has 3 aromatic rings. The van der Waals surface area contributed by atoms with E-state index in [-0.39, 0.29) is 17.1 Å². The van der Waals surface area contributed by atoms with Gasteiger partial charge in [0.15, 0.2) is 0 Å². The van der Waals surface area contributed by atoms with E-state index in [2.05, 4.69) is 4.98 Å². The fraction of sp³-hybridized carbons (Fsp3) is 0.0667. The Bertz CT molecular complexity index is 892. The first kappa shape index (κ1) is 14.0. The Hall–Kier alpha value is -1.91. The minimum absolute atomic E-state index is 0.216. The average molecular weight is 323 g/mol. The second kappa shape index (κ2) is 5.47. The third kappa shape index (κ3) is 2.77. The summed E-state index contributed by atoms with van der Waals surface area (Å²) in [6.45, 7) is 0.216. The number of rotatable bonds is 2. The zero-order chi connectivity index (χ0) is 15.0. The maximum absolute atomic E-state index is 13.0. The number of hydrogen-bond acceptors (Lipinski definition) is 2. The number of hydrogen-bond donors (Lipinski definition) is 0. The maximum Gasteiger partial charge on any atom is 0.261 e. The first-order valence-corrected chi connectivity index (χ1v) is 6.89. The van der Waals surface area contributed by atoms with Crippen molar-refractivity contribution in [2.75, 3.05) is 0 Å². The number of nitrogens with zero attached hydrogens (tertiary/aromatic N) is 2. The molecule has 0 atom stereocenters. The number of halogens is 3. The normalized spacial score (nSPS) is 11.0. The van der Waals surface area contributed by atoms with E-state index >= 15 is 0 Å². The van der Waals surface area contributed by atoms with Crippen LogP contribution in [0.1, 0.15) is 5.56 Å². The molecule has 0 saturated carbocycles. The Morgan fingerprint density at radius 1 is 1.14 bits per heavy atom. The van der Waals surface area contributed by atoms with Gasteiger partial charge in [0.05, 0.1) is 23.8 Å². The zero-order valence-corrected chi connectivity index (χ0v) is 12.2. The molecular formula is C15H9Cl2FN2O. The van der Waals surface area contributed by atoms with Crippen molar-refractivity contribution in [3.8, 4) is 0 Å². The molecule has 0 bridgehead atoms. The molecule has 0 fully saturated rings. The summed E-state index contributed by atoms with van der Waals surface area (Å²) in [7, 11) is 0. The average Bonchev–Trinajstić information content (AvgIpc) is 2.45. The SMILES string of the molecule is O=c1c2cc(Cl)ccc2ncn1Cc1ccc(F)cc1Cl. The number of fused-ring (bicyclic) bond motifs is 1. The lowest BCUT2D eigenvalue weighted by atomic mass is 10.2. The van der Waals surface area contributed by atoms with Gasteiger partial charge < -0.3 is 0 Å². The third-order valence-electron chi connectivity index (χ3n) is 3.14. The zero-order valence-electron chi connectivity index (χ0n) is 10.7. The highest BCUT2D eigenvalue weighted by molar-refractivity contribution is 6.31. The molecule has 0 spiro atoms. The lowest BCUT2D eigenvalue weighted by Crippen LogP contribution is -2.21. The highest BCUT2D eigenvalue weighted by atomic mass is 35.5. The van der Waals surface area contributed by atoms with Crippen molar-refractivity contribution in [1.29, 1.82) is 0 Å². The molecule has 0 aliphatic rings. The standard InChI is InChI=1S/C15H9Cl2FN2O/c16-10-2-4-14-12(5-10)15(21)20(8-19-14)7-9-1-3-11(18)6-13(9)17/h1-6,8H,7H2. The van der Waals surface area contributed by atoms with Crippen molar-refractivity contribution in [1.82, 2.24) is 9.55 Å². The van der Waals surface area contributed by atoms with E-state index in [0.717, 1.165) is 0 Å². The Balaban J connectivity index is 2.09. The number of benzene rings is 2. The van der Waals surface area contributed by atoms with Crippen LogP contribution in [0.5, 0.6) is 0 Å². The first-order valence-electron chi connectivity index (χ1n) is 6.13. The molecule has 0 radical (unpaired) electrons. The molecule has 1 heterocycles. The fourth-order valence-corrected chi connectivity index (χ4v) is 2.48. The van der Waals surface area contributed by atoms with E-state index in [1.54, 1.807) is 24.3 Å². The van der Waals surface area contributed by atoms with E-state index in [9.17, 15) is 9.18 Å². The Kier molecular flexibility index (Phi) is 3.66. The van der Waals surface area contributed by atoms with Crippen LogP contribution in [-0.4, -0.2) is 9.55 Å². The van der Waals surface area contributed by atoms with Crippen LogP contribution in [0, 0.1) is 5.82 Å². The summed E-state index contributed by atoms with van der Waals surface area (Å²) in [4.78, 5) is 16.6. The van der Waals surface area contributed by atoms with Crippen molar-refractivity contribution in [3.05, 3.63) is 74.5 Å². The Morgan fingerprint density at radius 2 is 1.95 bits per heavy atom. The van der Waals surface area contributed by atoms with E-state index < -0.39 is 5.82 Å². The second-order valence-electron chi connectivity index (χ2n) is 4.57. The highest BCUT2D eigenvalue weighted by Gasteiger charge is 2.08. The van der Waals surface area contributed by atoms with Gasteiger partial charge in [0.2, 0.25) is 0 Å². The summed E-state index contributed by atoms with van der Waals surface area (Å²) >= 11 is 11.9. The molecule has 0 saturated heterocycles. The van der Waals surface area contributed by atoms with Gasteiger partial charge in [0.25, 0.3) is 5.56 Å². The molecule has 2 aromatic carbocycles. The molecule has 0 unspecified atom stereocenters. The van der Waals surface area contributed by atoms with Crippen molar-refractivity contribution in [2.45, 2.75) is 6.54 Å². The number of aromatic nitrogens is 2. The maximum atomic E-state index is 13.0. The summed E-state index contributed by atoms with van der Waals surface area (Å²) < 4.78 is 14.5. The van der Waals surface area contributed by atoms with Crippen LogP contribution in [-0.2, 0) is 6.54 Å². The van der Waals surface area contributed by atoms with Gasteiger partial charge in [0.1, 0.15) is 5.82 Å². The Morgan fingerprint density at radius 3 is 2.71 bits per heavy atom. The molecule has 21 heavy (non-hydrogen) atoms. The van der Waals surface area contributed by atoms with Crippen LogP contribution in [0.2, 0.25) is 10.0 Å². The van der Waals surface area contributed by atoms with Gasteiger partial charge >= 0.3 is 0 Å². The summed E-state index contributed by atoms with van der Waals surface area (Å²) in [5.41, 5.74) is 0.997. The molecule has 106 valence electrons. The lowest BCUT2D eigenvalue weighted by Gasteiger charge is -2.08. The molecule has 0 aliphatic heterocycles. The molecule has 1 aromatic heterocycles. The van der Waals surface area contributed by atoms with E-state index in [4.69, 9.17) is 23.2 Å². The van der Waals surface area contributed by atoms with Gasteiger partial charge in [-0.2, -0.15) is 0 Å². The predicted molar refractivity (Wildman–Crippen MR) is 81.5 cm³/mol. The van der Waals surface area contributed by atoms with Crippen LogP contribution in [0.15, 0.2) is 47.5 Å². The molecule has 0 N–H and O–H groups in total. The van der Waals surface area contributed by atoms with Crippen LogP contribution in [0.3, 0.4) is 0 Å². The topological polar surface area (TPSA) is 34.9 Å². The van der Waals surface area contributed by atoms with Gasteiger partial charge in [-0.3, -0.25) is 9.36 Å². The monoisotopic (exact) mass is 322 g/mol. The molecule has 3 nitrogen and oxygen atoms in total. The predicted octanol–water partition coefficient (Wildman–Crippen LogP) is 3.89. The molecule has 3 rings (SSSR count). The summed E-state index contributed by atoms with van der Waals surface area (Å²) in [6.07, 6.45) is 1.44. The first-order chi connectivity index (χ1) is 10.0. The quantitative estimate of drug-likeness (QED) is 0.717. The molecule has 0 aliphatic carbocycles. The van der Waals surface area contributed by atoms with Gasteiger partial charge in [-0.1, -0.05) is 29.3 Å². The van der Waals surface area contributed by atoms with Gasteiger partial charge in [-0.25, -0.2) is 9.37 Å². The van der Waals surface area contributed by atoms with E-state index in [0.29, 0.717) is 21.5 Å². The van der Waals surface area contributed by atoms with Crippen molar-refractivity contribution in [3.63, 3.8) is 0 Å². The third-order valence-corrected chi connectivity index (χ3v) is 3.73. The van der Waals surface area contributed by atoms with Crippen LogP contribution in [0.25, 0.3) is 10.9 Å². The van der Waals surface area contributed by atoms with Crippen molar-refractivity contribution < 1.29 is 4.39 Å². The minimum atomic E-state index is -0.417. The fourth-order valence-electron chi connectivity index (χ4n) is 2.08. The Labute approximate surface area is 129 Å². The van der Waals surface area contributed by atoms with Gasteiger partial charge in [-0.15, -0.1) is 0 Å². The van der Waals surface area contributed by atoms with Crippen molar-refractivity contribution >= 4 is 34.1 Å². The summed E-state index contributed by atoms with van der Waals surface area (Å²) in [5.74, 6) is -0.417. The van der Waals surface area contributed by atoms with E-state index in [1.165, 1.54) is 23.0 Å². The smallest absolute Gasteiger partial charge is 0.261 e.